The zero-order chi connectivity index (χ0) is 15.0. The second-order valence-electron chi connectivity index (χ2n) is 5.62. The predicted molar refractivity (Wildman–Crippen MR) is 76.3 cm³/mol. The maximum Gasteiger partial charge on any atom is 0.320 e. The number of hydrogen-bond donors (Lipinski definition) is 0. The van der Waals surface area contributed by atoms with Crippen molar-refractivity contribution in [2.45, 2.75) is 39.1 Å². The molecule has 2 aromatic rings. The molecule has 21 heavy (non-hydrogen) atoms. The van der Waals surface area contributed by atoms with Crippen LogP contribution < -0.4 is 0 Å². The molecule has 0 saturated carbocycles. The van der Waals surface area contributed by atoms with E-state index in [9.17, 15) is 8.78 Å². The van der Waals surface area contributed by atoms with Crippen molar-refractivity contribution in [3.63, 3.8) is 0 Å². The summed E-state index contributed by atoms with van der Waals surface area (Å²) in [6, 6.07) is 7.02. The summed E-state index contributed by atoms with van der Waals surface area (Å²) in [5.41, 5.74) is 1.10. The molecule has 1 fully saturated rings. The van der Waals surface area contributed by atoms with Gasteiger partial charge in [-0.05, 0) is 26.0 Å². The second-order valence-corrected chi connectivity index (χ2v) is 5.62. The van der Waals surface area contributed by atoms with Gasteiger partial charge in [-0.25, -0.2) is 4.98 Å². The Balaban J connectivity index is 1.91. The van der Waals surface area contributed by atoms with Crippen LogP contribution in [0.3, 0.4) is 0 Å². The molecule has 4 nitrogen and oxygen atoms in total. The number of benzene rings is 1. The number of morpholine rings is 1. The molecule has 0 amide bonds. The van der Waals surface area contributed by atoms with E-state index in [4.69, 9.17) is 4.74 Å². The van der Waals surface area contributed by atoms with E-state index in [2.05, 4.69) is 9.88 Å². The number of nitrogens with zero attached hydrogens (tertiary/aromatic N) is 3. The SMILES string of the molecule is CC1CN(Cc2nc3ccccc3n2C(F)F)CC(C)O1. The Morgan fingerprint density at radius 2 is 1.90 bits per heavy atom. The Morgan fingerprint density at radius 1 is 1.24 bits per heavy atom. The fourth-order valence-electron chi connectivity index (χ4n) is 3.04. The molecule has 1 saturated heterocycles. The molecule has 2 atom stereocenters. The Bertz CT molecular complexity index is 618. The van der Waals surface area contributed by atoms with Gasteiger partial charge in [0.25, 0.3) is 0 Å². The van der Waals surface area contributed by atoms with Gasteiger partial charge in [-0.15, -0.1) is 0 Å². The lowest BCUT2D eigenvalue weighted by atomic mass is 10.2. The van der Waals surface area contributed by atoms with Gasteiger partial charge >= 0.3 is 6.55 Å². The maximum atomic E-state index is 13.4. The molecule has 0 bridgehead atoms. The number of aromatic nitrogens is 2. The number of fused-ring (bicyclic) bond motifs is 1. The summed E-state index contributed by atoms with van der Waals surface area (Å²) in [7, 11) is 0. The van der Waals surface area contributed by atoms with E-state index in [-0.39, 0.29) is 12.2 Å². The first-order chi connectivity index (χ1) is 10.0. The number of halogens is 2. The van der Waals surface area contributed by atoms with Gasteiger partial charge in [0, 0.05) is 13.1 Å². The quantitative estimate of drug-likeness (QED) is 0.872. The van der Waals surface area contributed by atoms with Gasteiger partial charge < -0.3 is 4.74 Å². The van der Waals surface area contributed by atoms with Crippen molar-refractivity contribution >= 4 is 11.0 Å². The molecular weight excluding hydrogens is 276 g/mol. The number of alkyl halides is 2. The molecule has 1 aliphatic rings. The fraction of sp³-hybridized carbons (Fsp3) is 0.533. The lowest BCUT2D eigenvalue weighted by molar-refractivity contribution is -0.0719. The van der Waals surface area contributed by atoms with Gasteiger partial charge in [0.1, 0.15) is 5.82 Å². The van der Waals surface area contributed by atoms with Crippen molar-refractivity contribution < 1.29 is 13.5 Å². The summed E-state index contributed by atoms with van der Waals surface area (Å²) in [5.74, 6) is 0.410. The van der Waals surface area contributed by atoms with Crippen LogP contribution in [-0.4, -0.2) is 39.7 Å². The summed E-state index contributed by atoms with van der Waals surface area (Å²) < 4.78 is 33.5. The molecular formula is C15H19F2N3O. The summed E-state index contributed by atoms with van der Waals surface area (Å²) in [5, 5.41) is 0. The molecule has 0 radical (unpaired) electrons. The first kappa shape index (κ1) is 14.4. The molecule has 0 spiro atoms. The van der Waals surface area contributed by atoms with Crippen molar-refractivity contribution in [3.8, 4) is 0 Å². The molecule has 3 rings (SSSR count). The molecule has 6 heteroatoms. The third-order valence-electron chi connectivity index (χ3n) is 3.72. The van der Waals surface area contributed by atoms with E-state index in [0.29, 0.717) is 23.4 Å². The van der Waals surface area contributed by atoms with Crippen LogP contribution in [0.1, 0.15) is 26.2 Å². The zero-order valence-corrected chi connectivity index (χ0v) is 12.2. The smallest absolute Gasteiger partial charge is 0.320 e. The highest BCUT2D eigenvalue weighted by molar-refractivity contribution is 5.75. The molecule has 114 valence electrons. The van der Waals surface area contributed by atoms with Gasteiger partial charge in [0.2, 0.25) is 0 Å². The van der Waals surface area contributed by atoms with Crippen molar-refractivity contribution in [1.82, 2.24) is 14.5 Å². The lowest BCUT2D eigenvalue weighted by Crippen LogP contribution is -2.45. The van der Waals surface area contributed by atoms with Gasteiger partial charge in [0.05, 0.1) is 29.8 Å². The number of rotatable bonds is 3. The second kappa shape index (κ2) is 5.69. The topological polar surface area (TPSA) is 30.3 Å². The average Bonchev–Trinajstić information content (AvgIpc) is 2.75. The summed E-state index contributed by atoms with van der Waals surface area (Å²) >= 11 is 0. The molecule has 1 aliphatic heterocycles. The highest BCUT2D eigenvalue weighted by atomic mass is 19.3. The van der Waals surface area contributed by atoms with E-state index in [0.717, 1.165) is 17.7 Å². The molecule has 2 heterocycles. The van der Waals surface area contributed by atoms with Crippen LogP contribution in [0.2, 0.25) is 0 Å². The van der Waals surface area contributed by atoms with Crippen molar-refractivity contribution in [3.05, 3.63) is 30.1 Å². The van der Waals surface area contributed by atoms with E-state index in [1.54, 1.807) is 18.2 Å². The Morgan fingerprint density at radius 3 is 2.57 bits per heavy atom. The standard InChI is InChI=1S/C15H19F2N3O/c1-10-7-19(8-11(2)21-10)9-14-18-12-5-3-4-6-13(12)20(14)15(16)17/h3-6,10-11,15H,7-9H2,1-2H3. The van der Waals surface area contributed by atoms with Gasteiger partial charge in [-0.2, -0.15) is 8.78 Å². The van der Waals surface area contributed by atoms with E-state index in [1.807, 2.05) is 19.9 Å². The summed E-state index contributed by atoms with van der Waals surface area (Å²) in [6.45, 7) is 3.30. The van der Waals surface area contributed by atoms with Crippen LogP contribution in [0, 0.1) is 0 Å². The van der Waals surface area contributed by atoms with Gasteiger partial charge in [0.15, 0.2) is 0 Å². The third kappa shape index (κ3) is 2.91. The Labute approximate surface area is 122 Å². The fourth-order valence-corrected chi connectivity index (χ4v) is 3.04. The molecule has 1 aromatic heterocycles. The number of imidazole rings is 1. The third-order valence-corrected chi connectivity index (χ3v) is 3.72. The minimum Gasteiger partial charge on any atom is -0.373 e. The highest BCUT2D eigenvalue weighted by Crippen LogP contribution is 2.24. The molecule has 1 aromatic carbocycles. The van der Waals surface area contributed by atoms with E-state index >= 15 is 0 Å². The number of ether oxygens (including phenoxy) is 1. The maximum absolute atomic E-state index is 13.4. The van der Waals surface area contributed by atoms with Crippen LogP contribution >= 0.6 is 0 Å². The van der Waals surface area contributed by atoms with E-state index < -0.39 is 6.55 Å². The molecule has 0 N–H and O–H groups in total. The summed E-state index contributed by atoms with van der Waals surface area (Å²) in [6.07, 6.45) is 0.219. The minimum atomic E-state index is -2.58. The van der Waals surface area contributed by atoms with Crippen LogP contribution in [0.4, 0.5) is 8.78 Å². The van der Waals surface area contributed by atoms with Gasteiger partial charge in [-0.1, -0.05) is 12.1 Å². The average molecular weight is 295 g/mol. The number of hydrogen-bond acceptors (Lipinski definition) is 3. The van der Waals surface area contributed by atoms with Crippen molar-refractivity contribution in [2.24, 2.45) is 0 Å². The molecule has 0 aliphatic carbocycles. The van der Waals surface area contributed by atoms with Crippen molar-refractivity contribution in [1.29, 1.82) is 0 Å². The van der Waals surface area contributed by atoms with Crippen LogP contribution in [0.15, 0.2) is 24.3 Å². The highest BCUT2D eigenvalue weighted by Gasteiger charge is 2.25. The molecule has 2 unspecified atom stereocenters. The van der Waals surface area contributed by atoms with Crippen molar-refractivity contribution in [2.75, 3.05) is 13.1 Å². The van der Waals surface area contributed by atoms with Crippen LogP contribution in [0.5, 0.6) is 0 Å². The summed E-state index contributed by atoms with van der Waals surface area (Å²) in [4.78, 5) is 6.50. The predicted octanol–water partition coefficient (Wildman–Crippen LogP) is 3.04. The van der Waals surface area contributed by atoms with Crippen LogP contribution in [0.25, 0.3) is 11.0 Å². The minimum absolute atomic E-state index is 0.109. The zero-order valence-electron chi connectivity index (χ0n) is 12.2. The monoisotopic (exact) mass is 295 g/mol. The first-order valence-corrected chi connectivity index (χ1v) is 7.16. The normalized spacial score (nSPS) is 24.0. The number of para-hydroxylation sites is 2. The Hall–Kier alpha value is -1.53. The van der Waals surface area contributed by atoms with E-state index in [1.165, 1.54) is 0 Å². The first-order valence-electron chi connectivity index (χ1n) is 7.16. The van der Waals surface area contributed by atoms with Crippen LogP contribution in [-0.2, 0) is 11.3 Å². The Kier molecular flexibility index (Phi) is 3.91. The largest absolute Gasteiger partial charge is 0.373 e. The van der Waals surface area contributed by atoms with Gasteiger partial charge in [-0.3, -0.25) is 9.47 Å². The lowest BCUT2D eigenvalue weighted by Gasteiger charge is -2.35.